The van der Waals surface area contributed by atoms with Crippen LogP contribution in [0.5, 0.6) is 0 Å². The van der Waals surface area contributed by atoms with E-state index in [0.717, 1.165) is 14.1 Å². The lowest BCUT2D eigenvalue weighted by Crippen LogP contribution is -2.16. The van der Waals surface area contributed by atoms with Crippen LogP contribution in [0.25, 0.3) is 0 Å². The molecule has 0 radical (unpaired) electrons. The minimum Gasteiger partial charge on any atom is -0.216 e. The van der Waals surface area contributed by atoms with E-state index in [-0.39, 0.29) is 0 Å². The van der Waals surface area contributed by atoms with Crippen molar-refractivity contribution in [1.29, 1.82) is 0 Å². The summed E-state index contributed by atoms with van der Waals surface area (Å²) >= 11 is 0. The van der Waals surface area contributed by atoms with Gasteiger partial charge in [0.05, 0.1) is 0 Å². The fourth-order valence-corrected chi connectivity index (χ4v) is 0. The summed E-state index contributed by atoms with van der Waals surface area (Å²) in [6.45, 7) is 2.90. The maximum atomic E-state index is 11.4. The Balaban J connectivity index is -0.0000000685. The maximum Gasteiger partial charge on any atom is 0.374 e. The van der Waals surface area contributed by atoms with Gasteiger partial charge >= 0.3 is 10.4 Å². The van der Waals surface area contributed by atoms with Crippen LogP contribution in [0.3, 0.4) is 0 Å². The molecular formula is C6H14F5NO3S. The standard InChI is InChI=1S/C2H6FNO2S.C2H4.CH2F2O.CH2F2/c1-4(2)7(3,5)6;1-2;2-1-4-3;2-1-3/h1-2H3;1-2H2;1H2;1H2. The van der Waals surface area contributed by atoms with Crippen molar-refractivity contribution >= 4 is 10.4 Å². The van der Waals surface area contributed by atoms with Gasteiger partial charge in [0.2, 0.25) is 13.8 Å². The predicted molar refractivity (Wildman–Crippen MR) is 50.2 cm³/mol. The Morgan fingerprint density at radius 3 is 1.31 bits per heavy atom. The van der Waals surface area contributed by atoms with Crippen molar-refractivity contribution in [1.82, 2.24) is 4.31 Å². The van der Waals surface area contributed by atoms with Crippen molar-refractivity contribution in [3.63, 3.8) is 0 Å². The van der Waals surface area contributed by atoms with Gasteiger partial charge in [0.15, 0.2) is 0 Å². The van der Waals surface area contributed by atoms with E-state index in [1.165, 1.54) is 0 Å². The van der Waals surface area contributed by atoms with E-state index in [0.29, 0.717) is 4.31 Å². The van der Waals surface area contributed by atoms with Gasteiger partial charge in [0, 0.05) is 14.1 Å². The fourth-order valence-electron chi connectivity index (χ4n) is 0. The minimum atomic E-state index is -4.41. The highest BCUT2D eigenvalue weighted by Gasteiger charge is 2.07. The summed E-state index contributed by atoms with van der Waals surface area (Å²) in [6, 6.07) is 0. The molecule has 4 nitrogen and oxygen atoms in total. The molecule has 102 valence electrons. The summed E-state index contributed by atoms with van der Waals surface area (Å²) in [6.07, 6.45) is 0. The Morgan fingerprint density at radius 2 is 1.31 bits per heavy atom. The number of nitrogens with zero attached hydrogens (tertiary/aromatic N) is 1. The first-order chi connectivity index (χ1) is 7.27. The summed E-state index contributed by atoms with van der Waals surface area (Å²) < 4.78 is 70.3. The van der Waals surface area contributed by atoms with E-state index in [2.05, 4.69) is 18.1 Å². The van der Waals surface area contributed by atoms with Crippen LogP contribution in [0.4, 0.5) is 21.6 Å². The molecule has 0 aromatic heterocycles. The van der Waals surface area contributed by atoms with Gasteiger partial charge in [-0.25, -0.2) is 13.2 Å². The van der Waals surface area contributed by atoms with Gasteiger partial charge < -0.3 is 0 Å². The van der Waals surface area contributed by atoms with Crippen LogP contribution in [-0.4, -0.2) is 40.6 Å². The summed E-state index contributed by atoms with van der Waals surface area (Å²) in [5.74, 6) is 0. The van der Waals surface area contributed by atoms with Crippen LogP contribution in [0.15, 0.2) is 13.2 Å². The monoisotopic (exact) mass is 275 g/mol. The Hall–Kier alpha value is -0.740. The zero-order chi connectivity index (χ0) is 14.2. The summed E-state index contributed by atoms with van der Waals surface area (Å²) in [5, 5.41) is 0. The van der Waals surface area contributed by atoms with E-state index in [1.807, 2.05) is 0 Å². The molecule has 0 rings (SSSR count). The van der Waals surface area contributed by atoms with Crippen LogP contribution in [-0.2, 0) is 15.4 Å². The lowest BCUT2D eigenvalue weighted by Gasteiger charge is -1.98. The number of halogens is 5. The molecule has 0 aromatic rings. The molecule has 0 heterocycles. The first-order valence-electron chi connectivity index (χ1n) is 3.31. The van der Waals surface area contributed by atoms with Crippen molar-refractivity contribution in [3.05, 3.63) is 13.2 Å². The average molecular weight is 275 g/mol. The zero-order valence-corrected chi connectivity index (χ0v) is 9.61. The van der Waals surface area contributed by atoms with E-state index in [4.69, 9.17) is 0 Å². The first-order valence-corrected chi connectivity index (χ1v) is 4.65. The van der Waals surface area contributed by atoms with Gasteiger partial charge in [0.1, 0.15) is 0 Å². The molecule has 0 aliphatic carbocycles. The van der Waals surface area contributed by atoms with Crippen molar-refractivity contribution < 1.29 is 34.9 Å². The number of alkyl halides is 3. The molecule has 10 heteroatoms. The number of hydrogen-bond acceptors (Lipinski definition) is 3. The van der Waals surface area contributed by atoms with Crippen LogP contribution in [0.1, 0.15) is 0 Å². The van der Waals surface area contributed by atoms with E-state index in [1.54, 1.807) is 0 Å². The second kappa shape index (κ2) is 19.8. The Bertz CT molecular complexity index is 198. The summed E-state index contributed by atoms with van der Waals surface area (Å²) in [5.41, 5.74) is 0. The van der Waals surface area contributed by atoms with E-state index >= 15 is 0 Å². The van der Waals surface area contributed by atoms with Gasteiger partial charge in [0.25, 0.3) is 0 Å². The molecule has 0 aliphatic rings. The van der Waals surface area contributed by atoms with Gasteiger partial charge in [-0.15, -0.1) is 13.2 Å². The molecule has 0 bridgehead atoms. The second-order valence-corrected chi connectivity index (χ2v) is 3.10. The minimum absolute atomic E-state index is 0.493. The van der Waals surface area contributed by atoms with E-state index < -0.39 is 24.2 Å². The largest absolute Gasteiger partial charge is 0.374 e. The molecule has 0 fully saturated rings. The molecule has 0 aromatic carbocycles. The van der Waals surface area contributed by atoms with Crippen LogP contribution < -0.4 is 0 Å². The molecule has 0 saturated carbocycles. The van der Waals surface area contributed by atoms with Crippen LogP contribution >= 0.6 is 0 Å². The fraction of sp³-hybridized carbons (Fsp3) is 0.667. The van der Waals surface area contributed by atoms with Gasteiger partial charge in [-0.05, 0) is 4.53 Å². The smallest absolute Gasteiger partial charge is 0.216 e. The average Bonchev–Trinajstić information content (AvgIpc) is 2.21. The van der Waals surface area contributed by atoms with Gasteiger partial charge in [-0.1, -0.05) is 3.89 Å². The Labute approximate surface area is 91.5 Å². The normalized spacial score (nSPS) is 8.75. The molecule has 0 spiro atoms. The SMILES string of the molecule is C=C.CN(C)S(=O)(=O)F.FCF.FCOF. The molecule has 0 amide bonds. The molecule has 0 saturated heterocycles. The third kappa shape index (κ3) is 50.9. The lowest BCUT2D eigenvalue weighted by molar-refractivity contribution is -0.167. The lowest BCUT2D eigenvalue weighted by atomic mass is 11.3. The molecule has 0 atom stereocenters. The zero-order valence-electron chi connectivity index (χ0n) is 8.80. The first kappa shape index (κ1) is 24.5. The molecule has 0 aliphatic heterocycles. The van der Waals surface area contributed by atoms with Crippen molar-refractivity contribution in [2.75, 3.05) is 27.9 Å². The quantitative estimate of drug-likeness (QED) is 0.441. The molecular weight excluding hydrogens is 261 g/mol. The highest BCUT2D eigenvalue weighted by molar-refractivity contribution is 7.83. The third-order valence-corrected chi connectivity index (χ3v) is 1.35. The van der Waals surface area contributed by atoms with Crippen LogP contribution in [0.2, 0.25) is 0 Å². The van der Waals surface area contributed by atoms with Gasteiger partial charge in [-0.3, -0.25) is 0 Å². The molecule has 16 heavy (non-hydrogen) atoms. The number of hydrogen-bond donors (Lipinski definition) is 0. The van der Waals surface area contributed by atoms with Crippen molar-refractivity contribution in [3.8, 4) is 0 Å². The van der Waals surface area contributed by atoms with Crippen molar-refractivity contribution in [2.24, 2.45) is 0 Å². The third-order valence-electron chi connectivity index (χ3n) is 0.477. The predicted octanol–water partition coefficient (Wildman–Crippen LogP) is 2.26. The topological polar surface area (TPSA) is 46.6 Å². The Kier molecular flexibility index (Phi) is 30.3. The van der Waals surface area contributed by atoms with Crippen LogP contribution in [0, 0.1) is 0 Å². The highest BCUT2D eigenvalue weighted by Crippen LogP contribution is 1.91. The number of rotatable bonds is 2. The van der Waals surface area contributed by atoms with Crippen molar-refractivity contribution in [2.45, 2.75) is 0 Å². The molecule has 0 N–H and O–H groups in total. The maximum absolute atomic E-state index is 11.4. The molecule has 0 unspecified atom stereocenters. The highest BCUT2D eigenvalue weighted by atomic mass is 32.3. The summed E-state index contributed by atoms with van der Waals surface area (Å²) in [7, 11) is -2.17. The second-order valence-electron chi connectivity index (χ2n) is 1.54. The van der Waals surface area contributed by atoms with E-state index in [9.17, 15) is 30.0 Å². The van der Waals surface area contributed by atoms with Gasteiger partial charge in [-0.2, -0.15) is 17.7 Å². The summed E-state index contributed by atoms with van der Waals surface area (Å²) in [4.78, 5) is 2.38. The Morgan fingerprint density at radius 1 is 1.19 bits per heavy atom.